The average Bonchev–Trinajstić information content (AvgIpc) is 2.94. The number of nitrogens with zero attached hydrogens (tertiary/aromatic N) is 4. The number of rotatable bonds is 6. The number of amides is 1. The molecule has 4 rings (SSSR count). The number of hydrogen-bond acceptors (Lipinski definition) is 8. The molecule has 0 N–H and O–H groups in total. The zero-order valence-corrected chi connectivity index (χ0v) is 20.1. The number of methoxy groups -OCH3 is 1. The third-order valence-electron chi connectivity index (χ3n) is 5.15. The summed E-state index contributed by atoms with van der Waals surface area (Å²) in [5.41, 5.74) is 3.66. The molecular weight excluding hydrogens is 440 g/mol. The van der Waals surface area contributed by atoms with E-state index in [1.807, 2.05) is 57.2 Å². The van der Waals surface area contributed by atoms with Crippen LogP contribution in [0.3, 0.4) is 0 Å². The lowest BCUT2D eigenvalue weighted by molar-refractivity contribution is -0.118. The SMILES string of the molecule is CCOc1ccc(C2Oc3nc(SCC)nnc3-c3cc(C)ccc3N2C(C)=O)cc1OC. The quantitative estimate of drug-likeness (QED) is 0.479. The van der Waals surface area contributed by atoms with Crippen molar-refractivity contribution >= 4 is 23.4 Å². The second-order valence-corrected chi connectivity index (χ2v) is 8.64. The number of carbonyl (C=O) groups is 1. The molecule has 9 heteroatoms. The minimum absolute atomic E-state index is 0.179. The van der Waals surface area contributed by atoms with Crippen molar-refractivity contribution in [1.82, 2.24) is 15.2 Å². The fraction of sp³-hybridized carbons (Fsp3) is 0.333. The van der Waals surface area contributed by atoms with Crippen LogP contribution < -0.4 is 19.1 Å². The normalized spacial score (nSPS) is 14.6. The van der Waals surface area contributed by atoms with Gasteiger partial charge >= 0.3 is 0 Å². The maximum atomic E-state index is 13.0. The van der Waals surface area contributed by atoms with Crippen LogP contribution in [-0.2, 0) is 4.79 Å². The van der Waals surface area contributed by atoms with E-state index in [4.69, 9.17) is 14.2 Å². The maximum Gasteiger partial charge on any atom is 0.247 e. The van der Waals surface area contributed by atoms with Gasteiger partial charge in [0.15, 0.2) is 17.2 Å². The lowest BCUT2D eigenvalue weighted by Crippen LogP contribution is -2.36. The van der Waals surface area contributed by atoms with Crippen molar-refractivity contribution < 1.29 is 19.0 Å². The van der Waals surface area contributed by atoms with Crippen LogP contribution in [0, 0.1) is 6.92 Å². The fourth-order valence-electron chi connectivity index (χ4n) is 3.74. The van der Waals surface area contributed by atoms with E-state index < -0.39 is 6.23 Å². The molecule has 1 aliphatic heterocycles. The highest BCUT2D eigenvalue weighted by atomic mass is 32.2. The first-order valence-corrected chi connectivity index (χ1v) is 11.7. The van der Waals surface area contributed by atoms with Crippen LogP contribution in [0.25, 0.3) is 11.3 Å². The molecule has 1 aliphatic rings. The molecule has 0 radical (unpaired) electrons. The van der Waals surface area contributed by atoms with E-state index in [0.717, 1.165) is 16.9 Å². The van der Waals surface area contributed by atoms with E-state index in [1.54, 1.807) is 12.0 Å². The first kappa shape index (κ1) is 22.8. The van der Waals surface area contributed by atoms with Gasteiger partial charge in [0.1, 0.15) is 0 Å². The van der Waals surface area contributed by atoms with Crippen molar-refractivity contribution in [2.24, 2.45) is 0 Å². The highest BCUT2D eigenvalue weighted by Gasteiger charge is 2.35. The molecule has 0 bridgehead atoms. The molecule has 1 unspecified atom stereocenters. The Balaban J connectivity index is 1.93. The van der Waals surface area contributed by atoms with Gasteiger partial charge in [-0.05, 0) is 49.9 Å². The lowest BCUT2D eigenvalue weighted by Gasteiger charge is -2.30. The molecule has 2 aromatic carbocycles. The number of anilines is 1. The van der Waals surface area contributed by atoms with Crippen LogP contribution in [0.5, 0.6) is 17.4 Å². The third kappa shape index (κ3) is 4.45. The number of carbonyl (C=O) groups excluding carboxylic acids is 1. The van der Waals surface area contributed by atoms with E-state index in [-0.39, 0.29) is 5.91 Å². The van der Waals surface area contributed by atoms with Gasteiger partial charge in [0, 0.05) is 18.1 Å². The van der Waals surface area contributed by atoms with Crippen molar-refractivity contribution in [3.05, 3.63) is 47.5 Å². The molecule has 2 heterocycles. The standard InChI is InChI=1S/C24H26N4O4S/c1-6-31-19-11-9-16(13-20(19)30-5)23-28(15(4)29)18-10-8-14(3)12-17(18)21-22(32-23)25-24(27-26-21)33-7-2/h8-13,23H,6-7H2,1-5H3. The van der Waals surface area contributed by atoms with Gasteiger partial charge in [-0.2, -0.15) is 4.98 Å². The number of benzene rings is 2. The zero-order chi connectivity index (χ0) is 23.5. The van der Waals surface area contributed by atoms with Gasteiger partial charge in [-0.3, -0.25) is 9.69 Å². The predicted octanol–water partition coefficient (Wildman–Crippen LogP) is 4.81. The van der Waals surface area contributed by atoms with E-state index in [1.165, 1.54) is 18.7 Å². The predicted molar refractivity (Wildman–Crippen MR) is 127 cm³/mol. The summed E-state index contributed by atoms with van der Waals surface area (Å²) in [5.74, 6) is 2.12. The molecule has 172 valence electrons. The van der Waals surface area contributed by atoms with Crippen LogP contribution in [0.15, 0.2) is 41.6 Å². The Morgan fingerprint density at radius 1 is 1.15 bits per heavy atom. The lowest BCUT2D eigenvalue weighted by atomic mass is 10.0. The van der Waals surface area contributed by atoms with Crippen molar-refractivity contribution in [3.8, 4) is 28.6 Å². The molecular formula is C24H26N4O4S. The van der Waals surface area contributed by atoms with E-state index in [0.29, 0.717) is 46.1 Å². The van der Waals surface area contributed by atoms with E-state index >= 15 is 0 Å². The van der Waals surface area contributed by atoms with Crippen LogP contribution in [0.4, 0.5) is 5.69 Å². The van der Waals surface area contributed by atoms with Gasteiger partial charge in [-0.15, -0.1) is 10.2 Å². The van der Waals surface area contributed by atoms with Gasteiger partial charge in [0.25, 0.3) is 0 Å². The van der Waals surface area contributed by atoms with Crippen molar-refractivity contribution in [2.45, 2.75) is 39.1 Å². The third-order valence-corrected chi connectivity index (χ3v) is 5.86. The number of hydrogen-bond donors (Lipinski definition) is 0. The molecule has 1 atom stereocenters. The molecule has 0 saturated heterocycles. The first-order chi connectivity index (χ1) is 16.0. The largest absolute Gasteiger partial charge is 0.493 e. The number of ether oxygens (including phenoxy) is 3. The zero-order valence-electron chi connectivity index (χ0n) is 19.3. The molecule has 1 aromatic heterocycles. The summed E-state index contributed by atoms with van der Waals surface area (Å²) >= 11 is 1.48. The van der Waals surface area contributed by atoms with Gasteiger partial charge < -0.3 is 14.2 Å². The molecule has 3 aromatic rings. The smallest absolute Gasteiger partial charge is 0.247 e. The number of aromatic nitrogens is 3. The van der Waals surface area contributed by atoms with Crippen molar-refractivity contribution in [3.63, 3.8) is 0 Å². The molecule has 1 amide bonds. The van der Waals surface area contributed by atoms with Crippen LogP contribution >= 0.6 is 11.8 Å². The van der Waals surface area contributed by atoms with Gasteiger partial charge in [0.2, 0.25) is 23.2 Å². The van der Waals surface area contributed by atoms with Crippen molar-refractivity contribution in [2.75, 3.05) is 24.4 Å². The molecule has 0 fully saturated rings. The molecule has 0 aliphatic carbocycles. The van der Waals surface area contributed by atoms with Crippen LogP contribution in [0.2, 0.25) is 0 Å². The highest BCUT2D eigenvalue weighted by molar-refractivity contribution is 7.99. The average molecular weight is 467 g/mol. The summed E-state index contributed by atoms with van der Waals surface area (Å²) in [5, 5.41) is 9.21. The Labute approximate surface area is 197 Å². The summed E-state index contributed by atoms with van der Waals surface area (Å²) in [7, 11) is 1.58. The van der Waals surface area contributed by atoms with E-state index in [2.05, 4.69) is 15.2 Å². The number of aryl methyl sites for hydroxylation is 1. The monoisotopic (exact) mass is 466 g/mol. The molecule has 0 saturated carbocycles. The van der Waals surface area contributed by atoms with Crippen LogP contribution in [-0.4, -0.2) is 40.6 Å². The minimum Gasteiger partial charge on any atom is -0.493 e. The number of thioether (sulfide) groups is 1. The Hall–Kier alpha value is -3.33. The van der Waals surface area contributed by atoms with Gasteiger partial charge in [-0.25, -0.2) is 0 Å². The summed E-state index contributed by atoms with van der Waals surface area (Å²) in [6.45, 7) is 7.94. The summed E-state index contributed by atoms with van der Waals surface area (Å²) in [6.07, 6.45) is -0.786. The van der Waals surface area contributed by atoms with E-state index in [9.17, 15) is 4.79 Å². The molecule has 33 heavy (non-hydrogen) atoms. The minimum atomic E-state index is -0.786. The number of fused-ring (bicyclic) bond motifs is 3. The second-order valence-electron chi connectivity index (χ2n) is 7.40. The maximum absolute atomic E-state index is 13.0. The Kier molecular flexibility index (Phi) is 6.69. The fourth-order valence-corrected chi connectivity index (χ4v) is 4.24. The molecule has 0 spiro atoms. The Morgan fingerprint density at radius 2 is 1.97 bits per heavy atom. The highest BCUT2D eigenvalue weighted by Crippen LogP contribution is 2.44. The van der Waals surface area contributed by atoms with Gasteiger partial charge in [-0.1, -0.05) is 30.3 Å². The first-order valence-electron chi connectivity index (χ1n) is 10.7. The summed E-state index contributed by atoms with van der Waals surface area (Å²) < 4.78 is 17.6. The second kappa shape index (κ2) is 9.66. The summed E-state index contributed by atoms with van der Waals surface area (Å²) in [4.78, 5) is 19.2. The Morgan fingerprint density at radius 3 is 2.67 bits per heavy atom. The van der Waals surface area contributed by atoms with Crippen molar-refractivity contribution in [1.29, 1.82) is 0 Å². The summed E-state index contributed by atoms with van der Waals surface area (Å²) in [6, 6.07) is 11.3. The topological polar surface area (TPSA) is 86.7 Å². The van der Waals surface area contributed by atoms with Gasteiger partial charge in [0.05, 0.1) is 19.4 Å². The Bertz CT molecular complexity index is 1190. The molecule has 8 nitrogen and oxygen atoms in total. The van der Waals surface area contributed by atoms with Crippen LogP contribution in [0.1, 0.15) is 38.1 Å².